The summed E-state index contributed by atoms with van der Waals surface area (Å²) in [5, 5.41) is 0. The minimum Gasteiger partial charge on any atom is -0.489 e. The Morgan fingerprint density at radius 1 is 1.59 bits per heavy atom. The van der Waals surface area contributed by atoms with Crippen molar-refractivity contribution in [2.45, 2.75) is 6.04 Å². The zero-order valence-corrected chi connectivity index (χ0v) is 10.2. The summed E-state index contributed by atoms with van der Waals surface area (Å²) in [4.78, 5) is 13.4. The maximum absolute atomic E-state index is 11.1. The van der Waals surface area contributed by atoms with E-state index in [0.717, 1.165) is 0 Å². The lowest BCUT2D eigenvalue weighted by molar-refractivity contribution is 0.100. The predicted molar refractivity (Wildman–Crippen MR) is 69.4 cm³/mol. The fourth-order valence-corrected chi connectivity index (χ4v) is 1.84. The average molecular weight is 251 g/mol. The van der Waals surface area contributed by atoms with Crippen LogP contribution in [0.3, 0.4) is 0 Å². The Labute approximate surface area is 104 Å². The van der Waals surface area contributed by atoms with Crippen LogP contribution < -0.4 is 21.1 Å². The lowest BCUT2D eigenvalue weighted by atomic mass is 10.1. The number of thiocarbonyl (C=S) groups is 1. The van der Waals surface area contributed by atoms with Gasteiger partial charge in [0.15, 0.2) is 0 Å². The van der Waals surface area contributed by atoms with Crippen LogP contribution in [0.5, 0.6) is 5.75 Å². The summed E-state index contributed by atoms with van der Waals surface area (Å²) in [6, 6.07) is 4.64. The highest BCUT2D eigenvalue weighted by atomic mass is 32.1. The lowest BCUT2D eigenvalue weighted by Crippen LogP contribution is -2.42. The lowest BCUT2D eigenvalue weighted by Gasteiger charge is -2.20. The largest absolute Gasteiger partial charge is 0.489 e. The molecule has 1 atom stereocenters. The molecule has 17 heavy (non-hydrogen) atoms. The number of ether oxygens (including phenoxy) is 1. The molecule has 5 nitrogen and oxygen atoms in total. The molecule has 0 fully saturated rings. The van der Waals surface area contributed by atoms with Crippen molar-refractivity contribution in [2.75, 3.05) is 18.6 Å². The van der Waals surface area contributed by atoms with E-state index >= 15 is 0 Å². The third kappa shape index (κ3) is 2.09. The summed E-state index contributed by atoms with van der Waals surface area (Å²) in [5.41, 5.74) is 12.2. The van der Waals surface area contributed by atoms with Crippen molar-refractivity contribution in [1.82, 2.24) is 0 Å². The monoisotopic (exact) mass is 251 g/mol. The second-order valence-electron chi connectivity index (χ2n) is 3.86. The number of nitrogens with zero attached hydrogens (tertiary/aromatic N) is 1. The number of likely N-dealkylation sites (N-methyl/N-ethyl adjacent to an activating group) is 1. The van der Waals surface area contributed by atoms with Crippen LogP contribution in [0.4, 0.5) is 5.69 Å². The summed E-state index contributed by atoms with van der Waals surface area (Å²) in [6.45, 7) is 0.325. The van der Waals surface area contributed by atoms with Gasteiger partial charge in [-0.15, -0.1) is 0 Å². The molecule has 1 aliphatic heterocycles. The third-order valence-electron chi connectivity index (χ3n) is 2.67. The molecule has 0 aromatic heterocycles. The van der Waals surface area contributed by atoms with Gasteiger partial charge in [0.25, 0.3) is 0 Å². The van der Waals surface area contributed by atoms with Crippen LogP contribution >= 0.6 is 12.2 Å². The Balaban J connectivity index is 2.49. The Bertz CT molecular complexity index is 490. The van der Waals surface area contributed by atoms with Gasteiger partial charge in [-0.05, 0) is 18.2 Å². The van der Waals surface area contributed by atoms with Gasteiger partial charge in [0, 0.05) is 12.6 Å². The average Bonchev–Trinajstić information content (AvgIpc) is 2.42. The minimum absolute atomic E-state index is 0.325. The van der Waals surface area contributed by atoms with E-state index in [9.17, 15) is 4.79 Å². The number of carbonyl (C=O) groups is 1. The molecule has 0 saturated heterocycles. The normalized spacial score (nSPS) is 19.3. The summed E-state index contributed by atoms with van der Waals surface area (Å²) < 4.78 is 5.53. The van der Waals surface area contributed by atoms with Gasteiger partial charge in [-0.25, -0.2) is 0 Å². The van der Waals surface area contributed by atoms with Crippen molar-refractivity contribution in [3.8, 4) is 5.75 Å². The molecule has 4 N–H and O–H groups in total. The first-order valence-electron chi connectivity index (χ1n) is 5.10. The highest BCUT2D eigenvalue weighted by molar-refractivity contribution is 7.80. The van der Waals surface area contributed by atoms with Gasteiger partial charge >= 0.3 is 0 Å². The number of anilines is 1. The number of fused-ring (bicyclic) bond motifs is 1. The molecule has 0 radical (unpaired) electrons. The van der Waals surface area contributed by atoms with Crippen molar-refractivity contribution in [1.29, 1.82) is 0 Å². The molecule has 1 amide bonds. The standard InChI is InChI=1S/C11H13N3O2S/c1-14-8-4-6(10(13)15)2-3-9(8)16-5-7(12)11(14)17/h2-4,7H,5,12H2,1H3,(H2,13,15)/t7-/m0/s1. The van der Waals surface area contributed by atoms with E-state index in [2.05, 4.69) is 0 Å². The van der Waals surface area contributed by atoms with E-state index in [4.69, 9.17) is 28.4 Å². The number of primary amides is 1. The van der Waals surface area contributed by atoms with E-state index in [1.165, 1.54) is 0 Å². The van der Waals surface area contributed by atoms with Crippen LogP contribution in [0.2, 0.25) is 0 Å². The first kappa shape index (κ1) is 11.8. The first-order valence-corrected chi connectivity index (χ1v) is 5.51. The molecule has 1 heterocycles. The number of nitrogens with two attached hydrogens (primary N) is 2. The Kier molecular flexibility index (Phi) is 2.99. The molecule has 0 saturated carbocycles. The van der Waals surface area contributed by atoms with E-state index in [1.54, 1.807) is 30.1 Å². The second kappa shape index (κ2) is 4.31. The van der Waals surface area contributed by atoms with Gasteiger partial charge in [0.2, 0.25) is 5.91 Å². The predicted octanol–water partition coefficient (Wildman–Crippen LogP) is 0.269. The van der Waals surface area contributed by atoms with Crippen LogP contribution in [-0.2, 0) is 0 Å². The number of carbonyl (C=O) groups excluding carboxylic acids is 1. The second-order valence-corrected chi connectivity index (χ2v) is 4.28. The number of rotatable bonds is 1. The number of benzene rings is 1. The van der Waals surface area contributed by atoms with Gasteiger partial charge in [0.05, 0.1) is 11.7 Å². The molecular weight excluding hydrogens is 238 g/mol. The maximum atomic E-state index is 11.1. The van der Waals surface area contributed by atoms with Crippen LogP contribution in [0, 0.1) is 0 Å². The van der Waals surface area contributed by atoms with Crippen molar-refractivity contribution in [3.05, 3.63) is 23.8 Å². The molecular formula is C11H13N3O2S. The third-order valence-corrected chi connectivity index (χ3v) is 3.25. The molecule has 1 aliphatic rings. The molecule has 1 aromatic carbocycles. The zero-order chi connectivity index (χ0) is 12.6. The Morgan fingerprint density at radius 2 is 2.29 bits per heavy atom. The zero-order valence-electron chi connectivity index (χ0n) is 9.34. The molecule has 0 unspecified atom stereocenters. The van der Waals surface area contributed by atoms with E-state index < -0.39 is 5.91 Å². The topological polar surface area (TPSA) is 81.6 Å². The molecule has 2 rings (SSSR count). The molecule has 0 spiro atoms. The maximum Gasteiger partial charge on any atom is 0.248 e. The summed E-state index contributed by atoms with van der Waals surface area (Å²) in [7, 11) is 1.79. The number of hydrogen-bond donors (Lipinski definition) is 2. The van der Waals surface area contributed by atoms with Crippen molar-refractivity contribution < 1.29 is 9.53 Å². The first-order chi connectivity index (χ1) is 8.00. The van der Waals surface area contributed by atoms with Gasteiger partial charge in [0.1, 0.15) is 17.3 Å². The molecule has 1 aromatic rings. The fourth-order valence-electron chi connectivity index (χ4n) is 1.67. The van der Waals surface area contributed by atoms with Crippen molar-refractivity contribution in [3.63, 3.8) is 0 Å². The Hall–Kier alpha value is -1.66. The highest BCUT2D eigenvalue weighted by Gasteiger charge is 2.23. The summed E-state index contributed by atoms with van der Waals surface area (Å²) >= 11 is 5.23. The van der Waals surface area contributed by atoms with Gasteiger partial charge in [-0.2, -0.15) is 0 Å². The van der Waals surface area contributed by atoms with Crippen LogP contribution in [0.25, 0.3) is 0 Å². The summed E-state index contributed by atoms with van der Waals surface area (Å²) in [6.07, 6.45) is 0. The van der Waals surface area contributed by atoms with Crippen LogP contribution in [-0.4, -0.2) is 30.6 Å². The molecule has 0 aliphatic carbocycles. The molecule has 0 bridgehead atoms. The smallest absolute Gasteiger partial charge is 0.248 e. The van der Waals surface area contributed by atoms with Gasteiger partial charge in [-0.1, -0.05) is 12.2 Å². The number of amides is 1. The molecule has 6 heteroatoms. The SMILES string of the molecule is CN1C(=S)[C@@H](N)COc2ccc(C(N)=O)cc21. The van der Waals surface area contributed by atoms with E-state index in [0.29, 0.717) is 28.6 Å². The van der Waals surface area contributed by atoms with E-state index in [-0.39, 0.29) is 6.04 Å². The number of hydrogen-bond acceptors (Lipinski definition) is 4. The quantitative estimate of drug-likeness (QED) is 0.700. The highest BCUT2D eigenvalue weighted by Crippen LogP contribution is 2.31. The van der Waals surface area contributed by atoms with Crippen molar-refractivity contribution >= 4 is 28.8 Å². The van der Waals surface area contributed by atoms with Crippen LogP contribution in [0.15, 0.2) is 18.2 Å². The fraction of sp³-hybridized carbons (Fsp3) is 0.273. The minimum atomic E-state index is -0.485. The summed E-state index contributed by atoms with van der Waals surface area (Å²) in [5.74, 6) is 0.161. The Morgan fingerprint density at radius 3 is 2.94 bits per heavy atom. The van der Waals surface area contributed by atoms with E-state index in [1.807, 2.05) is 0 Å². The van der Waals surface area contributed by atoms with Crippen LogP contribution in [0.1, 0.15) is 10.4 Å². The van der Waals surface area contributed by atoms with Crippen molar-refractivity contribution in [2.24, 2.45) is 11.5 Å². The molecule has 90 valence electrons. The van der Waals surface area contributed by atoms with Gasteiger partial charge in [-0.3, -0.25) is 4.79 Å². The van der Waals surface area contributed by atoms with Gasteiger partial charge < -0.3 is 21.1 Å².